The molecule has 3 aromatic rings. The molecule has 32 heavy (non-hydrogen) atoms. The fraction of sp³-hybridized carbons (Fsp3) is 0.318. The quantitative estimate of drug-likeness (QED) is 0.518. The Morgan fingerprint density at radius 1 is 1.12 bits per heavy atom. The number of sulfonamides is 1. The summed E-state index contributed by atoms with van der Waals surface area (Å²) in [6, 6.07) is 10.0. The SMILES string of the molecule is Cc1ccc(S(=O)(=O)N2CCCCC2)cc1C(=O)OCc1nc(-c2ccc(F)cc2)no1. The zero-order chi connectivity index (χ0) is 22.7. The van der Waals surface area contributed by atoms with E-state index in [1.165, 1.54) is 40.7 Å². The first-order valence-corrected chi connectivity index (χ1v) is 11.6. The largest absolute Gasteiger partial charge is 0.452 e. The first-order chi connectivity index (χ1) is 15.3. The number of esters is 1. The molecule has 0 unspecified atom stereocenters. The number of hydrogen-bond donors (Lipinski definition) is 0. The second kappa shape index (κ2) is 9.17. The number of halogens is 1. The van der Waals surface area contributed by atoms with Gasteiger partial charge in [0.25, 0.3) is 5.89 Å². The third-order valence-electron chi connectivity index (χ3n) is 5.28. The summed E-state index contributed by atoms with van der Waals surface area (Å²) in [5.41, 5.74) is 1.30. The summed E-state index contributed by atoms with van der Waals surface area (Å²) < 4.78 is 50.7. The number of ether oxygens (including phenoxy) is 1. The minimum Gasteiger partial charge on any atom is -0.452 e. The maximum Gasteiger partial charge on any atom is 0.338 e. The van der Waals surface area contributed by atoms with Gasteiger partial charge < -0.3 is 9.26 Å². The fourth-order valence-electron chi connectivity index (χ4n) is 3.47. The number of carbonyl (C=O) groups is 1. The Morgan fingerprint density at radius 2 is 1.84 bits per heavy atom. The van der Waals surface area contributed by atoms with Gasteiger partial charge in [-0.05, 0) is 61.7 Å². The van der Waals surface area contributed by atoms with E-state index in [4.69, 9.17) is 9.26 Å². The summed E-state index contributed by atoms with van der Waals surface area (Å²) in [5.74, 6) is -0.778. The highest BCUT2D eigenvalue weighted by molar-refractivity contribution is 7.89. The predicted octanol–water partition coefficient (Wildman–Crippen LogP) is 3.72. The smallest absolute Gasteiger partial charge is 0.338 e. The maximum atomic E-state index is 13.1. The van der Waals surface area contributed by atoms with E-state index in [0.29, 0.717) is 24.2 Å². The lowest BCUT2D eigenvalue weighted by molar-refractivity contribution is 0.0428. The van der Waals surface area contributed by atoms with Gasteiger partial charge in [0.05, 0.1) is 10.5 Å². The molecule has 0 spiro atoms. The lowest BCUT2D eigenvalue weighted by atomic mass is 10.1. The van der Waals surface area contributed by atoms with Crippen LogP contribution in [0.2, 0.25) is 0 Å². The van der Waals surface area contributed by atoms with Crippen molar-refractivity contribution >= 4 is 16.0 Å². The number of benzene rings is 2. The van der Waals surface area contributed by atoms with Crippen LogP contribution in [0.5, 0.6) is 0 Å². The zero-order valence-electron chi connectivity index (χ0n) is 17.5. The van der Waals surface area contributed by atoms with Crippen LogP contribution in [0.4, 0.5) is 4.39 Å². The highest BCUT2D eigenvalue weighted by Gasteiger charge is 2.27. The van der Waals surface area contributed by atoms with E-state index in [-0.39, 0.29) is 34.6 Å². The molecule has 1 aromatic heterocycles. The van der Waals surface area contributed by atoms with E-state index in [1.807, 2.05) is 0 Å². The second-order valence-electron chi connectivity index (χ2n) is 7.54. The Hall–Kier alpha value is -3.11. The van der Waals surface area contributed by atoms with Crippen LogP contribution in [0, 0.1) is 12.7 Å². The van der Waals surface area contributed by atoms with Gasteiger partial charge in [-0.15, -0.1) is 0 Å². The summed E-state index contributed by atoms with van der Waals surface area (Å²) >= 11 is 0. The summed E-state index contributed by atoms with van der Waals surface area (Å²) in [4.78, 5) is 16.8. The monoisotopic (exact) mass is 459 g/mol. The second-order valence-corrected chi connectivity index (χ2v) is 9.47. The lowest BCUT2D eigenvalue weighted by Crippen LogP contribution is -2.35. The van der Waals surface area contributed by atoms with Crippen LogP contribution in [-0.4, -0.2) is 41.9 Å². The van der Waals surface area contributed by atoms with Crippen molar-refractivity contribution in [1.82, 2.24) is 14.4 Å². The first-order valence-electron chi connectivity index (χ1n) is 10.2. The molecule has 0 amide bonds. The van der Waals surface area contributed by atoms with E-state index in [0.717, 1.165) is 19.3 Å². The topological polar surface area (TPSA) is 103 Å². The van der Waals surface area contributed by atoms with Crippen LogP contribution in [0.25, 0.3) is 11.4 Å². The van der Waals surface area contributed by atoms with E-state index in [2.05, 4.69) is 10.1 Å². The van der Waals surface area contributed by atoms with Gasteiger partial charge in [-0.3, -0.25) is 0 Å². The average Bonchev–Trinajstić information content (AvgIpc) is 3.28. The molecule has 1 aliphatic heterocycles. The molecule has 4 rings (SSSR count). The zero-order valence-corrected chi connectivity index (χ0v) is 18.3. The van der Waals surface area contributed by atoms with Crippen molar-refractivity contribution in [2.45, 2.75) is 37.7 Å². The number of rotatable bonds is 6. The van der Waals surface area contributed by atoms with E-state index in [1.54, 1.807) is 13.0 Å². The number of piperidine rings is 1. The molecule has 2 aromatic carbocycles. The third kappa shape index (κ3) is 4.71. The highest BCUT2D eigenvalue weighted by atomic mass is 32.2. The number of carbonyl (C=O) groups excluding carboxylic acids is 1. The molecule has 0 bridgehead atoms. The third-order valence-corrected chi connectivity index (χ3v) is 7.17. The van der Waals surface area contributed by atoms with Gasteiger partial charge in [-0.2, -0.15) is 9.29 Å². The average molecular weight is 459 g/mol. The van der Waals surface area contributed by atoms with E-state index < -0.39 is 16.0 Å². The van der Waals surface area contributed by atoms with Crippen molar-refractivity contribution in [1.29, 1.82) is 0 Å². The van der Waals surface area contributed by atoms with Crippen molar-refractivity contribution < 1.29 is 26.9 Å². The maximum absolute atomic E-state index is 13.1. The summed E-state index contributed by atoms with van der Waals surface area (Å²) in [5, 5.41) is 3.80. The van der Waals surface area contributed by atoms with Gasteiger partial charge >= 0.3 is 5.97 Å². The molecule has 0 atom stereocenters. The van der Waals surface area contributed by atoms with Crippen LogP contribution in [0.15, 0.2) is 51.9 Å². The molecule has 1 fully saturated rings. The minimum absolute atomic E-state index is 0.0624. The number of hydrogen-bond acceptors (Lipinski definition) is 7. The van der Waals surface area contributed by atoms with Crippen LogP contribution in [0.3, 0.4) is 0 Å². The van der Waals surface area contributed by atoms with E-state index in [9.17, 15) is 17.6 Å². The van der Waals surface area contributed by atoms with E-state index >= 15 is 0 Å². The van der Waals surface area contributed by atoms with Gasteiger partial charge in [0.2, 0.25) is 15.8 Å². The molecule has 1 aliphatic rings. The van der Waals surface area contributed by atoms with Crippen molar-refractivity contribution in [3.05, 3.63) is 65.3 Å². The molecule has 0 aliphatic carbocycles. The molecular weight excluding hydrogens is 437 g/mol. The van der Waals surface area contributed by atoms with Gasteiger partial charge in [0.15, 0.2) is 6.61 Å². The van der Waals surface area contributed by atoms with Crippen molar-refractivity contribution in [3.8, 4) is 11.4 Å². The van der Waals surface area contributed by atoms with Crippen LogP contribution in [-0.2, 0) is 21.4 Å². The predicted molar refractivity (Wildman–Crippen MR) is 113 cm³/mol. The molecule has 0 N–H and O–H groups in total. The van der Waals surface area contributed by atoms with Crippen molar-refractivity contribution in [2.75, 3.05) is 13.1 Å². The highest BCUT2D eigenvalue weighted by Crippen LogP contribution is 2.23. The molecule has 10 heteroatoms. The Labute approximate surface area is 185 Å². The molecule has 168 valence electrons. The molecule has 1 saturated heterocycles. The molecule has 2 heterocycles. The minimum atomic E-state index is -3.67. The Morgan fingerprint density at radius 3 is 2.56 bits per heavy atom. The molecule has 0 saturated carbocycles. The molecule has 0 radical (unpaired) electrons. The number of aryl methyl sites for hydroxylation is 1. The van der Waals surface area contributed by atoms with Crippen LogP contribution in [0.1, 0.15) is 41.1 Å². The van der Waals surface area contributed by atoms with Crippen LogP contribution < -0.4 is 0 Å². The van der Waals surface area contributed by atoms with Gasteiger partial charge in [0, 0.05) is 18.7 Å². The summed E-state index contributed by atoms with van der Waals surface area (Å²) in [6.45, 7) is 2.37. The van der Waals surface area contributed by atoms with Gasteiger partial charge in [-0.1, -0.05) is 17.6 Å². The molecular formula is C22H22FN3O5S. The Balaban J connectivity index is 1.47. The first kappa shape index (κ1) is 22.1. The fourth-order valence-corrected chi connectivity index (χ4v) is 5.01. The van der Waals surface area contributed by atoms with Gasteiger partial charge in [0.1, 0.15) is 5.82 Å². The lowest BCUT2D eigenvalue weighted by Gasteiger charge is -2.26. The summed E-state index contributed by atoms with van der Waals surface area (Å²) in [6.07, 6.45) is 2.66. The Bertz CT molecular complexity index is 1220. The number of nitrogens with zero attached hydrogens (tertiary/aromatic N) is 3. The van der Waals surface area contributed by atoms with Gasteiger partial charge in [-0.25, -0.2) is 17.6 Å². The standard InChI is InChI=1S/C22H22FN3O5S/c1-15-5-10-18(32(28,29)26-11-3-2-4-12-26)13-19(15)22(27)30-14-20-24-21(25-31-20)16-6-8-17(23)9-7-16/h5-10,13H,2-4,11-12,14H2,1H3. The normalized spacial score (nSPS) is 14.9. The number of aromatic nitrogens is 2. The van der Waals surface area contributed by atoms with Crippen LogP contribution >= 0.6 is 0 Å². The van der Waals surface area contributed by atoms with Crippen molar-refractivity contribution in [3.63, 3.8) is 0 Å². The Kier molecular flexibility index (Phi) is 6.33. The molecule has 8 nitrogen and oxygen atoms in total. The summed E-state index contributed by atoms with van der Waals surface area (Å²) in [7, 11) is -3.67. The van der Waals surface area contributed by atoms with Crippen molar-refractivity contribution in [2.24, 2.45) is 0 Å².